The number of rotatable bonds is 8. The van der Waals surface area contributed by atoms with Gasteiger partial charge in [0.15, 0.2) is 0 Å². The molecular weight excluding hydrogens is 550 g/mol. The van der Waals surface area contributed by atoms with Gasteiger partial charge in [0, 0.05) is 37.3 Å². The van der Waals surface area contributed by atoms with Crippen LogP contribution in [0.2, 0.25) is 5.15 Å². The van der Waals surface area contributed by atoms with Crippen LogP contribution >= 0.6 is 11.6 Å². The fraction of sp³-hybridized carbons (Fsp3) is 0.429. The average molecular weight is 584 g/mol. The zero-order valence-electron chi connectivity index (χ0n) is 23.9. The summed E-state index contributed by atoms with van der Waals surface area (Å²) in [6.07, 6.45) is 3.10. The molecule has 1 aromatic carbocycles. The number of hydrogen-bond acceptors (Lipinski definition) is 9. The molecule has 13 heteroatoms. The van der Waals surface area contributed by atoms with Gasteiger partial charge in [0.25, 0.3) is 0 Å². The zero-order valence-corrected chi connectivity index (χ0v) is 24.7. The molecule has 0 saturated heterocycles. The summed E-state index contributed by atoms with van der Waals surface area (Å²) in [5, 5.41) is 10.9. The van der Waals surface area contributed by atoms with E-state index in [1.54, 1.807) is 59.0 Å². The molecular formula is C28H34ClN7O5. The number of hydrogen-bond donors (Lipinski definition) is 2. The monoisotopic (exact) mass is 583 g/mol. The number of anilines is 2. The van der Waals surface area contributed by atoms with Crippen LogP contribution in [-0.2, 0) is 14.3 Å². The quantitative estimate of drug-likeness (QED) is 0.219. The molecule has 0 fully saturated rings. The lowest BCUT2D eigenvalue weighted by atomic mass is 10.2. The summed E-state index contributed by atoms with van der Waals surface area (Å²) in [6, 6.07) is 4.63. The van der Waals surface area contributed by atoms with Gasteiger partial charge in [-0.05, 0) is 59.2 Å². The third kappa shape index (κ3) is 8.81. The van der Waals surface area contributed by atoms with E-state index in [9.17, 15) is 14.4 Å². The van der Waals surface area contributed by atoms with E-state index in [-0.39, 0.29) is 23.6 Å². The highest BCUT2D eigenvalue weighted by molar-refractivity contribution is 6.30. The van der Waals surface area contributed by atoms with Crippen molar-refractivity contribution in [1.29, 1.82) is 0 Å². The second kappa shape index (κ2) is 13.8. The first-order valence-corrected chi connectivity index (χ1v) is 13.4. The smallest absolute Gasteiger partial charge is 0.435 e. The van der Waals surface area contributed by atoms with Crippen LogP contribution in [0.15, 0.2) is 30.6 Å². The Morgan fingerprint density at radius 1 is 1.22 bits per heavy atom. The first kappa shape index (κ1) is 31.2. The second-order valence-electron chi connectivity index (χ2n) is 10.0. The van der Waals surface area contributed by atoms with E-state index in [4.69, 9.17) is 21.1 Å². The molecule has 0 aliphatic heterocycles. The Labute approximate surface area is 243 Å². The van der Waals surface area contributed by atoms with Crippen molar-refractivity contribution in [2.75, 3.05) is 25.5 Å². The maximum absolute atomic E-state index is 12.4. The van der Waals surface area contributed by atoms with Crippen LogP contribution in [0.1, 0.15) is 53.0 Å². The Morgan fingerprint density at radius 2 is 1.98 bits per heavy atom. The van der Waals surface area contributed by atoms with Gasteiger partial charge in [0.2, 0.25) is 11.9 Å². The zero-order chi connectivity index (χ0) is 30.2. The van der Waals surface area contributed by atoms with Gasteiger partial charge in [-0.3, -0.25) is 9.69 Å². The largest absolute Gasteiger partial charge is 0.448 e. The molecule has 2 amide bonds. The Bertz CT molecular complexity index is 1470. The van der Waals surface area contributed by atoms with E-state index in [0.717, 1.165) is 5.39 Å². The van der Waals surface area contributed by atoms with E-state index in [0.29, 0.717) is 36.2 Å². The number of carbonyl (C=O) groups is 3. The first-order chi connectivity index (χ1) is 19.4. The number of amides is 2. The molecule has 2 aromatic heterocycles. The highest BCUT2D eigenvalue weighted by Gasteiger charge is 2.26. The molecule has 0 spiro atoms. The van der Waals surface area contributed by atoms with Crippen molar-refractivity contribution < 1.29 is 23.9 Å². The van der Waals surface area contributed by atoms with Gasteiger partial charge >= 0.3 is 12.2 Å². The summed E-state index contributed by atoms with van der Waals surface area (Å²) in [6.45, 7) is 9.33. The summed E-state index contributed by atoms with van der Waals surface area (Å²) in [5.74, 6) is 5.95. The maximum atomic E-state index is 12.4. The van der Waals surface area contributed by atoms with Gasteiger partial charge in [-0.2, -0.15) is 14.8 Å². The number of likely N-dealkylation sites (N-methyl/N-ethyl adjacent to an activating group) is 1. The summed E-state index contributed by atoms with van der Waals surface area (Å²) in [4.78, 5) is 46.3. The first-order valence-electron chi connectivity index (χ1n) is 13.1. The Balaban J connectivity index is 1.48. The van der Waals surface area contributed by atoms with Crippen LogP contribution in [0, 0.1) is 11.8 Å². The van der Waals surface area contributed by atoms with Crippen LogP contribution in [0.25, 0.3) is 10.9 Å². The van der Waals surface area contributed by atoms with Gasteiger partial charge in [0.05, 0.1) is 23.9 Å². The van der Waals surface area contributed by atoms with Crippen molar-refractivity contribution in [3.8, 4) is 11.8 Å². The Kier molecular flexibility index (Phi) is 10.5. The average Bonchev–Trinajstić information content (AvgIpc) is 3.33. The van der Waals surface area contributed by atoms with Crippen molar-refractivity contribution in [2.24, 2.45) is 0 Å². The van der Waals surface area contributed by atoms with E-state index in [1.807, 2.05) is 0 Å². The normalized spacial score (nSPS) is 11.7. The molecule has 0 aliphatic carbocycles. The number of unbranched alkanes of at least 4 members (excludes halogenated alkanes) is 1. The summed E-state index contributed by atoms with van der Waals surface area (Å²) < 4.78 is 11.5. The lowest BCUT2D eigenvalue weighted by molar-refractivity contribution is -0.125. The third-order valence-corrected chi connectivity index (χ3v) is 5.94. The number of carbonyl (C=O) groups excluding carboxylic acids is 3. The molecule has 0 radical (unpaired) electrons. The molecule has 41 heavy (non-hydrogen) atoms. The van der Waals surface area contributed by atoms with Gasteiger partial charge in [-0.15, -0.1) is 0 Å². The molecule has 3 rings (SSSR count). The molecule has 0 bridgehead atoms. The van der Waals surface area contributed by atoms with E-state index >= 15 is 0 Å². The predicted octanol–water partition coefficient (Wildman–Crippen LogP) is 4.73. The second-order valence-corrected chi connectivity index (χ2v) is 10.4. The number of benzene rings is 1. The Morgan fingerprint density at radius 3 is 2.66 bits per heavy atom. The number of ether oxygens (including phenoxy) is 2. The molecule has 0 aliphatic rings. The third-order valence-electron chi connectivity index (χ3n) is 5.65. The summed E-state index contributed by atoms with van der Waals surface area (Å²) in [5.41, 5.74) is 1.13. The van der Waals surface area contributed by atoms with Crippen LogP contribution < -0.4 is 10.6 Å². The molecule has 2 N–H and O–H groups in total. The minimum absolute atomic E-state index is 0.193. The fourth-order valence-electron chi connectivity index (χ4n) is 3.44. The van der Waals surface area contributed by atoms with Gasteiger partial charge in [0.1, 0.15) is 16.8 Å². The SMILES string of the molecule is CCOC(=O)n1ncc2cc(Nc3ncc(C#CCCCNC(=O)[C@H](C)N(C)C(=O)OC(C)(C)C)c(Cl)n3)ccc21. The highest BCUT2D eigenvalue weighted by atomic mass is 35.5. The van der Waals surface area contributed by atoms with Crippen LogP contribution in [0.4, 0.5) is 21.2 Å². The molecule has 3 aromatic rings. The maximum Gasteiger partial charge on any atom is 0.435 e. The number of halogens is 1. The number of fused-ring (bicyclic) bond motifs is 1. The lowest BCUT2D eigenvalue weighted by Gasteiger charge is -2.28. The van der Waals surface area contributed by atoms with Gasteiger partial charge < -0.3 is 20.1 Å². The van der Waals surface area contributed by atoms with Crippen LogP contribution in [0.5, 0.6) is 0 Å². The van der Waals surface area contributed by atoms with Crippen molar-refractivity contribution >= 4 is 52.2 Å². The predicted molar refractivity (Wildman–Crippen MR) is 155 cm³/mol. The van der Waals surface area contributed by atoms with Gasteiger partial charge in [-0.1, -0.05) is 23.4 Å². The topological polar surface area (TPSA) is 141 Å². The molecule has 218 valence electrons. The number of aromatic nitrogens is 4. The highest BCUT2D eigenvalue weighted by Crippen LogP contribution is 2.22. The standard InChI is InChI=1S/C28H34ClN7O5/c1-7-40-27(39)36-22-13-12-21(15-20(22)17-32-36)33-25-31-16-19(23(29)34-25)11-9-8-10-14-30-24(37)18(2)35(6)26(38)41-28(3,4)5/h12-13,15-18H,7-8,10,14H2,1-6H3,(H,30,37)(H,31,33,34)/t18-/m0/s1. The molecule has 1 atom stereocenters. The summed E-state index contributed by atoms with van der Waals surface area (Å²) in [7, 11) is 1.53. The summed E-state index contributed by atoms with van der Waals surface area (Å²) >= 11 is 6.31. The Hall–Kier alpha value is -4.37. The molecule has 12 nitrogen and oxygen atoms in total. The minimum atomic E-state index is -0.678. The van der Waals surface area contributed by atoms with Crippen molar-refractivity contribution in [3.05, 3.63) is 41.3 Å². The van der Waals surface area contributed by atoms with E-state index in [1.165, 1.54) is 22.8 Å². The fourth-order valence-corrected chi connectivity index (χ4v) is 3.61. The van der Waals surface area contributed by atoms with Crippen molar-refractivity contribution in [3.63, 3.8) is 0 Å². The molecule has 2 heterocycles. The lowest BCUT2D eigenvalue weighted by Crippen LogP contribution is -2.47. The number of nitrogens with zero attached hydrogens (tertiary/aromatic N) is 5. The van der Waals surface area contributed by atoms with E-state index < -0.39 is 23.8 Å². The molecule has 0 saturated carbocycles. The van der Waals surface area contributed by atoms with Crippen molar-refractivity contribution in [1.82, 2.24) is 30.0 Å². The number of nitrogens with one attached hydrogen (secondary N) is 2. The van der Waals surface area contributed by atoms with Gasteiger partial charge in [-0.25, -0.2) is 14.6 Å². The van der Waals surface area contributed by atoms with E-state index in [2.05, 4.69) is 37.5 Å². The van der Waals surface area contributed by atoms with Crippen LogP contribution in [0.3, 0.4) is 0 Å². The molecule has 0 unspecified atom stereocenters. The van der Waals surface area contributed by atoms with Crippen molar-refractivity contribution in [2.45, 2.75) is 59.1 Å². The minimum Gasteiger partial charge on any atom is -0.448 e. The van der Waals surface area contributed by atoms with Crippen LogP contribution in [-0.4, -0.2) is 74.6 Å².